The summed E-state index contributed by atoms with van der Waals surface area (Å²) in [5.74, 6) is 1.93. The molecule has 1 aliphatic carbocycles. The average Bonchev–Trinajstić information content (AvgIpc) is 3.22. The van der Waals surface area contributed by atoms with Crippen LogP contribution in [0.1, 0.15) is 51.2 Å². The van der Waals surface area contributed by atoms with Crippen LogP contribution in [0.2, 0.25) is 0 Å². The van der Waals surface area contributed by atoms with Crippen molar-refractivity contribution in [3.8, 4) is 11.5 Å². The lowest BCUT2D eigenvalue weighted by molar-refractivity contribution is -0.117. The topological polar surface area (TPSA) is 85.6 Å². The number of benzene rings is 1. The van der Waals surface area contributed by atoms with E-state index < -0.39 is 11.8 Å². The number of hydrogen-bond donors (Lipinski definition) is 2. The van der Waals surface area contributed by atoms with Crippen molar-refractivity contribution >= 4 is 17.4 Å². The minimum absolute atomic E-state index is 0.160. The summed E-state index contributed by atoms with van der Waals surface area (Å²) in [5.41, 5.74) is 0.823. The summed E-state index contributed by atoms with van der Waals surface area (Å²) >= 11 is 0. The third kappa shape index (κ3) is 3.72. The number of anilines is 2. The number of ether oxygens (including phenoxy) is 2. The van der Waals surface area contributed by atoms with Gasteiger partial charge in [0.15, 0.2) is 17.3 Å². The van der Waals surface area contributed by atoms with Gasteiger partial charge in [-0.1, -0.05) is 18.5 Å². The summed E-state index contributed by atoms with van der Waals surface area (Å²) in [7, 11) is 0. The van der Waals surface area contributed by atoms with Crippen LogP contribution in [0.4, 0.5) is 11.5 Å². The zero-order valence-electron chi connectivity index (χ0n) is 15.7. The minimum atomic E-state index is -0.494. The van der Waals surface area contributed by atoms with Crippen molar-refractivity contribution in [1.82, 2.24) is 5.16 Å². The zero-order valence-corrected chi connectivity index (χ0v) is 15.7. The minimum Gasteiger partial charge on any atom is -0.448 e. The maximum absolute atomic E-state index is 12.5. The molecule has 1 atom stereocenters. The van der Waals surface area contributed by atoms with Crippen molar-refractivity contribution in [1.29, 1.82) is 0 Å². The number of fused-ring (bicyclic) bond motifs is 1. The molecule has 1 amide bonds. The lowest BCUT2D eigenvalue weighted by Gasteiger charge is -2.31. The maximum atomic E-state index is 12.5. The molecule has 0 saturated heterocycles. The first-order chi connectivity index (χ1) is 13.1. The van der Waals surface area contributed by atoms with Gasteiger partial charge in [0, 0.05) is 30.7 Å². The first kappa shape index (κ1) is 17.7. The highest BCUT2D eigenvalue weighted by Gasteiger charge is 2.42. The fourth-order valence-electron chi connectivity index (χ4n) is 3.67. The summed E-state index contributed by atoms with van der Waals surface area (Å²) in [6, 6.07) is 7.03. The van der Waals surface area contributed by atoms with E-state index in [-0.39, 0.29) is 5.91 Å². The van der Waals surface area contributed by atoms with Crippen LogP contribution in [-0.2, 0) is 4.79 Å². The van der Waals surface area contributed by atoms with Gasteiger partial charge in [-0.2, -0.15) is 0 Å². The Labute approximate surface area is 158 Å². The molecular weight excluding hydrogens is 346 g/mol. The number of nitrogens with one attached hydrogen (secondary N) is 2. The normalized spacial score (nSPS) is 18.3. The van der Waals surface area contributed by atoms with Crippen molar-refractivity contribution in [2.45, 2.75) is 64.2 Å². The molecular formula is C20H25N3O4. The maximum Gasteiger partial charge on any atom is 0.251 e. The van der Waals surface area contributed by atoms with E-state index in [1.54, 1.807) is 13.0 Å². The first-order valence-corrected chi connectivity index (χ1v) is 9.60. The third-order valence-electron chi connectivity index (χ3n) is 5.10. The van der Waals surface area contributed by atoms with E-state index in [4.69, 9.17) is 14.0 Å². The lowest BCUT2D eigenvalue weighted by Crippen LogP contribution is -2.40. The summed E-state index contributed by atoms with van der Waals surface area (Å²) in [6.07, 6.45) is 5.94. The Kier molecular flexibility index (Phi) is 4.68. The molecule has 0 bridgehead atoms. The largest absolute Gasteiger partial charge is 0.448 e. The van der Waals surface area contributed by atoms with Gasteiger partial charge < -0.3 is 24.6 Å². The van der Waals surface area contributed by atoms with Crippen LogP contribution in [0.5, 0.6) is 11.5 Å². The molecule has 0 radical (unpaired) electrons. The number of aryl methyl sites for hydroxylation is 1. The second kappa shape index (κ2) is 7.13. The zero-order chi connectivity index (χ0) is 18.9. The quantitative estimate of drug-likeness (QED) is 0.817. The van der Waals surface area contributed by atoms with Crippen LogP contribution in [0, 0.1) is 6.92 Å². The van der Waals surface area contributed by atoms with Crippen LogP contribution in [0.25, 0.3) is 0 Å². The molecule has 2 aliphatic rings. The summed E-state index contributed by atoms with van der Waals surface area (Å²) in [6.45, 7) is 3.74. The number of hydrogen-bond acceptors (Lipinski definition) is 6. The van der Waals surface area contributed by atoms with E-state index in [2.05, 4.69) is 15.8 Å². The Bertz CT molecular complexity index is 826. The smallest absolute Gasteiger partial charge is 0.251 e. The van der Waals surface area contributed by atoms with Gasteiger partial charge in [0.2, 0.25) is 5.91 Å². The van der Waals surface area contributed by atoms with Crippen molar-refractivity contribution < 1.29 is 18.8 Å². The number of aromatic nitrogens is 1. The molecule has 1 spiro atoms. The van der Waals surface area contributed by atoms with Gasteiger partial charge in [0.25, 0.3) is 5.79 Å². The van der Waals surface area contributed by atoms with Gasteiger partial charge in [-0.05, 0) is 38.3 Å². The molecule has 1 saturated carbocycles. The van der Waals surface area contributed by atoms with E-state index in [9.17, 15) is 4.79 Å². The molecule has 7 heteroatoms. The number of amides is 1. The summed E-state index contributed by atoms with van der Waals surface area (Å²) in [4.78, 5) is 12.5. The molecule has 1 fully saturated rings. The van der Waals surface area contributed by atoms with Gasteiger partial charge in [-0.15, -0.1) is 0 Å². The first-order valence-electron chi connectivity index (χ1n) is 9.60. The molecule has 1 aromatic carbocycles. The molecule has 27 heavy (non-hydrogen) atoms. The van der Waals surface area contributed by atoms with Crippen molar-refractivity contribution in [2.24, 2.45) is 0 Å². The second-order valence-corrected chi connectivity index (χ2v) is 7.25. The highest BCUT2D eigenvalue weighted by atomic mass is 16.7. The molecule has 1 unspecified atom stereocenters. The standard InChI is InChI=1S/C20H25N3O4/c1-3-15(19(24)22-18-11-13(2)27-23-18)21-14-7-8-16-17(12-14)26-20(25-16)9-5-4-6-10-20/h7-8,11-12,15,21H,3-6,9-10H2,1-2H3,(H,22,23,24). The van der Waals surface area contributed by atoms with E-state index in [0.717, 1.165) is 42.9 Å². The van der Waals surface area contributed by atoms with Crippen molar-refractivity contribution in [2.75, 3.05) is 10.6 Å². The highest BCUT2D eigenvalue weighted by Crippen LogP contribution is 2.46. The number of rotatable bonds is 5. The van der Waals surface area contributed by atoms with Gasteiger partial charge in [-0.25, -0.2) is 0 Å². The van der Waals surface area contributed by atoms with Gasteiger partial charge >= 0.3 is 0 Å². The summed E-state index contributed by atoms with van der Waals surface area (Å²) < 4.78 is 17.3. The van der Waals surface area contributed by atoms with Crippen LogP contribution >= 0.6 is 0 Å². The van der Waals surface area contributed by atoms with Crippen LogP contribution < -0.4 is 20.1 Å². The van der Waals surface area contributed by atoms with Gasteiger partial charge in [-0.3, -0.25) is 4.79 Å². The Hall–Kier alpha value is -2.70. The predicted octanol–water partition coefficient (Wildman–Crippen LogP) is 4.24. The average molecular weight is 371 g/mol. The molecule has 2 aromatic rings. The van der Waals surface area contributed by atoms with E-state index in [1.165, 1.54) is 6.42 Å². The molecule has 4 rings (SSSR count). The van der Waals surface area contributed by atoms with Gasteiger partial charge in [0.05, 0.1) is 0 Å². The highest BCUT2D eigenvalue weighted by molar-refractivity contribution is 5.95. The Morgan fingerprint density at radius 2 is 1.96 bits per heavy atom. The van der Waals surface area contributed by atoms with Crippen LogP contribution in [0.3, 0.4) is 0 Å². The third-order valence-corrected chi connectivity index (χ3v) is 5.10. The van der Waals surface area contributed by atoms with E-state index >= 15 is 0 Å². The monoisotopic (exact) mass is 371 g/mol. The predicted molar refractivity (Wildman–Crippen MR) is 101 cm³/mol. The Balaban J connectivity index is 1.43. The fourth-order valence-corrected chi connectivity index (χ4v) is 3.67. The molecule has 144 valence electrons. The molecule has 1 aliphatic heterocycles. The van der Waals surface area contributed by atoms with Crippen molar-refractivity contribution in [3.63, 3.8) is 0 Å². The molecule has 7 nitrogen and oxygen atoms in total. The molecule has 2 N–H and O–H groups in total. The van der Waals surface area contributed by atoms with Crippen molar-refractivity contribution in [3.05, 3.63) is 30.0 Å². The van der Waals surface area contributed by atoms with E-state index in [1.807, 2.05) is 25.1 Å². The lowest BCUT2D eigenvalue weighted by atomic mass is 9.94. The Morgan fingerprint density at radius 3 is 2.67 bits per heavy atom. The molecule has 1 aromatic heterocycles. The number of carbonyl (C=O) groups is 1. The summed E-state index contributed by atoms with van der Waals surface area (Å²) in [5, 5.41) is 9.85. The van der Waals surface area contributed by atoms with E-state index in [0.29, 0.717) is 18.0 Å². The number of carbonyl (C=O) groups excluding carboxylic acids is 1. The second-order valence-electron chi connectivity index (χ2n) is 7.25. The number of nitrogens with zero attached hydrogens (tertiary/aromatic N) is 1. The van der Waals surface area contributed by atoms with Gasteiger partial charge in [0.1, 0.15) is 11.8 Å². The molecule has 2 heterocycles. The SMILES string of the molecule is CCC(Nc1ccc2c(c1)OC1(CCCCC1)O2)C(=O)Nc1cc(C)on1. The van der Waals surface area contributed by atoms with Crippen LogP contribution in [0.15, 0.2) is 28.8 Å². The fraction of sp³-hybridized carbons (Fsp3) is 0.500. The van der Waals surface area contributed by atoms with Crippen LogP contribution in [-0.4, -0.2) is 22.9 Å². The Morgan fingerprint density at radius 1 is 1.19 bits per heavy atom.